The third-order valence-electron chi connectivity index (χ3n) is 3.97. The van der Waals surface area contributed by atoms with Crippen molar-refractivity contribution in [2.45, 2.75) is 19.3 Å². The molecule has 0 amide bonds. The van der Waals surface area contributed by atoms with E-state index in [0.29, 0.717) is 11.3 Å². The molecule has 3 aromatic heterocycles. The highest BCUT2D eigenvalue weighted by molar-refractivity contribution is 5.74. The molecule has 0 aliphatic carbocycles. The van der Waals surface area contributed by atoms with Crippen LogP contribution in [0.5, 0.6) is 0 Å². The molecule has 1 N–H and O–H groups in total. The minimum absolute atomic E-state index is 0.428. The Morgan fingerprint density at radius 3 is 2.70 bits per heavy atom. The molecule has 9 heteroatoms. The zero-order valence-electron chi connectivity index (χ0n) is 12.9. The molecular weight excluding hydrogens is 296 g/mol. The zero-order valence-corrected chi connectivity index (χ0v) is 12.9. The van der Waals surface area contributed by atoms with Crippen molar-refractivity contribution in [2.75, 3.05) is 29.9 Å². The van der Waals surface area contributed by atoms with E-state index < -0.39 is 0 Å². The van der Waals surface area contributed by atoms with Crippen molar-refractivity contribution in [3.05, 3.63) is 18.0 Å². The molecule has 0 aromatic carbocycles. The van der Waals surface area contributed by atoms with Gasteiger partial charge in [0.1, 0.15) is 0 Å². The first-order chi connectivity index (χ1) is 11.3. The number of hydrogen-bond donors (Lipinski definition) is 1. The Morgan fingerprint density at radius 1 is 1.17 bits per heavy atom. The molecule has 4 rings (SSSR count). The average Bonchev–Trinajstić information content (AvgIpc) is 3.27. The maximum absolute atomic E-state index is 4.73. The highest BCUT2D eigenvalue weighted by Gasteiger charge is 2.20. The summed E-state index contributed by atoms with van der Waals surface area (Å²) in [5.74, 6) is 1.57. The number of aryl methyl sites for hydroxylation is 1. The first-order valence-electron chi connectivity index (χ1n) is 7.76. The minimum atomic E-state index is 0.428. The fraction of sp³-hybridized carbons (Fsp3) is 0.500. The van der Waals surface area contributed by atoms with Gasteiger partial charge in [0.15, 0.2) is 11.6 Å². The molecule has 0 saturated carbocycles. The van der Waals surface area contributed by atoms with Crippen LogP contribution in [0.25, 0.3) is 11.3 Å². The summed E-state index contributed by atoms with van der Waals surface area (Å²) in [6, 6.07) is 0. The van der Waals surface area contributed by atoms with Gasteiger partial charge in [-0.2, -0.15) is 5.10 Å². The van der Waals surface area contributed by atoms with Gasteiger partial charge in [-0.1, -0.05) is 0 Å². The van der Waals surface area contributed by atoms with Gasteiger partial charge >= 0.3 is 0 Å². The van der Waals surface area contributed by atoms with Gasteiger partial charge in [0, 0.05) is 32.9 Å². The second kappa shape index (κ2) is 5.82. The molecule has 1 aliphatic rings. The third-order valence-corrected chi connectivity index (χ3v) is 3.97. The molecule has 1 aliphatic heterocycles. The molecule has 120 valence electrons. The summed E-state index contributed by atoms with van der Waals surface area (Å²) in [6.45, 7) is 2.73. The molecule has 23 heavy (non-hydrogen) atoms. The first-order valence-corrected chi connectivity index (χ1v) is 7.76. The number of hydrogen-bond acceptors (Lipinski definition) is 8. The lowest BCUT2D eigenvalue weighted by molar-refractivity contribution is 0.314. The van der Waals surface area contributed by atoms with E-state index in [1.54, 1.807) is 4.68 Å². The van der Waals surface area contributed by atoms with Gasteiger partial charge in [0.05, 0.1) is 6.20 Å². The Balaban J connectivity index is 1.55. The van der Waals surface area contributed by atoms with Gasteiger partial charge in [-0.05, 0) is 35.1 Å². The van der Waals surface area contributed by atoms with Crippen LogP contribution < -0.4 is 10.2 Å². The van der Waals surface area contributed by atoms with E-state index in [9.17, 15) is 0 Å². The van der Waals surface area contributed by atoms with E-state index in [1.165, 1.54) is 18.4 Å². The van der Waals surface area contributed by atoms with E-state index >= 15 is 0 Å². The van der Waals surface area contributed by atoms with Gasteiger partial charge in [-0.25, -0.2) is 14.6 Å². The van der Waals surface area contributed by atoms with Crippen LogP contribution in [-0.4, -0.2) is 49.7 Å². The molecule has 0 unspecified atom stereocenters. The highest BCUT2D eigenvalue weighted by atomic mass is 16.6. The van der Waals surface area contributed by atoms with Crippen LogP contribution in [0.2, 0.25) is 0 Å². The number of fused-ring (bicyclic) bond motifs is 1. The van der Waals surface area contributed by atoms with E-state index in [-0.39, 0.29) is 0 Å². The maximum atomic E-state index is 4.73. The monoisotopic (exact) mass is 314 g/mol. The maximum Gasteiger partial charge on any atom is 0.245 e. The number of nitrogens with one attached hydrogen (secondary N) is 1. The first kappa shape index (κ1) is 13.9. The Morgan fingerprint density at radius 2 is 1.96 bits per heavy atom. The summed E-state index contributed by atoms with van der Waals surface area (Å²) in [6.07, 6.45) is 7.10. The van der Waals surface area contributed by atoms with Crippen LogP contribution >= 0.6 is 0 Å². The predicted molar refractivity (Wildman–Crippen MR) is 84.2 cm³/mol. The number of nitrogens with zero attached hydrogens (tertiary/aromatic N) is 7. The fourth-order valence-corrected chi connectivity index (χ4v) is 2.82. The quantitative estimate of drug-likeness (QED) is 0.745. The lowest BCUT2D eigenvalue weighted by atomic mass is 10.2. The van der Waals surface area contributed by atoms with E-state index in [0.717, 1.165) is 37.7 Å². The van der Waals surface area contributed by atoms with Crippen molar-refractivity contribution >= 4 is 22.9 Å². The Kier molecular flexibility index (Phi) is 3.52. The largest absolute Gasteiger partial charge is 0.367 e. The SMILES string of the molecule is Cn1cc(CCNc2nc3nonc3nc2N2CCCC2)cn1. The Hall–Kier alpha value is -2.71. The number of aromatic nitrogens is 6. The number of anilines is 2. The van der Waals surface area contributed by atoms with Gasteiger partial charge in [0.2, 0.25) is 11.3 Å². The third kappa shape index (κ3) is 2.81. The highest BCUT2D eigenvalue weighted by Crippen LogP contribution is 2.26. The van der Waals surface area contributed by atoms with Crippen molar-refractivity contribution in [1.82, 2.24) is 30.1 Å². The summed E-state index contributed by atoms with van der Waals surface area (Å²) >= 11 is 0. The van der Waals surface area contributed by atoms with E-state index in [1.807, 2.05) is 19.4 Å². The topological polar surface area (TPSA) is 97.8 Å². The normalized spacial score (nSPS) is 14.7. The van der Waals surface area contributed by atoms with E-state index in [4.69, 9.17) is 4.63 Å². The van der Waals surface area contributed by atoms with Crippen LogP contribution in [0.1, 0.15) is 18.4 Å². The van der Waals surface area contributed by atoms with Crippen LogP contribution in [0.3, 0.4) is 0 Å². The molecule has 1 saturated heterocycles. The summed E-state index contributed by atoms with van der Waals surface area (Å²) in [5.41, 5.74) is 2.06. The molecule has 9 nitrogen and oxygen atoms in total. The van der Waals surface area contributed by atoms with Crippen molar-refractivity contribution in [2.24, 2.45) is 7.05 Å². The van der Waals surface area contributed by atoms with Crippen LogP contribution in [-0.2, 0) is 13.5 Å². The molecule has 4 heterocycles. The standard InChI is InChI=1S/C14H18N8O/c1-21-9-10(8-16-21)4-5-15-13-14(22-6-2-3-7-22)18-12-11(17-13)19-23-20-12/h8-9H,2-7H2,1H3,(H,15,17,19). The predicted octanol–water partition coefficient (Wildman–Crippen LogP) is 1.00. The second-order valence-corrected chi connectivity index (χ2v) is 5.70. The van der Waals surface area contributed by atoms with Gasteiger partial charge < -0.3 is 10.2 Å². The molecular formula is C14H18N8O. The van der Waals surface area contributed by atoms with Crippen LogP contribution in [0.4, 0.5) is 11.6 Å². The van der Waals surface area contributed by atoms with Gasteiger partial charge in [0.25, 0.3) is 0 Å². The average molecular weight is 314 g/mol. The Bertz CT molecular complexity index is 804. The van der Waals surface area contributed by atoms with Crippen molar-refractivity contribution < 1.29 is 4.63 Å². The molecule has 0 spiro atoms. The van der Waals surface area contributed by atoms with Crippen LogP contribution in [0.15, 0.2) is 17.0 Å². The summed E-state index contributed by atoms with van der Waals surface area (Å²) in [7, 11) is 1.92. The minimum Gasteiger partial charge on any atom is -0.367 e. The summed E-state index contributed by atoms with van der Waals surface area (Å²) < 4.78 is 6.54. The summed E-state index contributed by atoms with van der Waals surface area (Å²) in [5, 5.41) is 15.1. The van der Waals surface area contributed by atoms with Crippen molar-refractivity contribution in [1.29, 1.82) is 0 Å². The molecule has 3 aromatic rings. The number of rotatable bonds is 5. The lowest BCUT2D eigenvalue weighted by Gasteiger charge is -2.19. The molecule has 0 bridgehead atoms. The molecule has 0 atom stereocenters. The van der Waals surface area contributed by atoms with Gasteiger partial charge in [-0.3, -0.25) is 4.68 Å². The van der Waals surface area contributed by atoms with E-state index in [2.05, 4.69) is 35.6 Å². The Labute approximate surface area is 132 Å². The molecule has 1 fully saturated rings. The van der Waals surface area contributed by atoms with Crippen molar-refractivity contribution in [3.8, 4) is 0 Å². The smallest absolute Gasteiger partial charge is 0.245 e. The van der Waals surface area contributed by atoms with Gasteiger partial charge in [-0.15, -0.1) is 0 Å². The summed E-state index contributed by atoms with van der Waals surface area (Å²) in [4.78, 5) is 11.3. The van der Waals surface area contributed by atoms with Crippen LogP contribution in [0, 0.1) is 0 Å². The second-order valence-electron chi connectivity index (χ2n) is 5.70. The molecule has 0 radical (unpaired) electrons. The van der Waals surface area contributed by atoms with Crippen molar-refractivity contribution in [3.63, 3.8) is 0 Å². The fourth-order valence-electron chi connectivity index (χ4n) is 2.82. The lowest BCUT2D eigenvalue weighted by Crippen LogP contribution is -2.22. The zero-order chi connectivity index (χ0) is 15.6.